The van der Waals surface area contributed by atoms with Gasteiger partial charge in [0.25, 0.3) is 0 Å². The van der Waals surface area contributed by atoms with E-state index < -0.39 is 0 Å². The Balaban J connectivity index is 2.34. The molecule has 0 aromatic carbocycles. The predicted molar refractivity (Wildman–Crippen MR) is 44.0 cm³/mol. The Kier molecular flexibility index (Phi) is 3.20. The van der Waals surface area contributed by atoms with Crippen molar-refractivity contribution < 1.29 is 0 Å². The maximum absolute atomic E-state index is 4.43. The highest BCUT2D eigenvalue weighted by Gasteiger charge is 2.21. The van der Waals surface area contributed by atoms with E-state index in [-0.39, 0.29) is 0 Å². The molecule has 0 aromatic rings. The Hall–Kier alpha value is -0.0400. The van der Waals surface area contributed by atoms with Crippen molar-refractivity contribution in [2.24, 2.45) is 11.8 Å². The number of piperidine rings is 1. The third-order valence-electron chi connectivity index (χ3n) is 2.74. The SMILES string of the molecule is CCC1CC[N]CC1CC. The van der Waals surface area contributed by atoms with Crippen molar-refractivity contribution >= 4 is 0 Å². The standard InChI is InChI=1S/C9H18N/c1-3-8-5-6-10-7-9(8)4-2/h8-9H,3-7H2,1-2H3. The Labute approximate surface area is 64.2 Å². The summed E-state index contributed by atoms with van der Waals surface area (Å²) in [5, 5.41) is 4.43. The molecule has 0 amide bonds. The lowest BCUT2D eigenvalue weighted by atomic mass is 9.83. The van der Waals surface area contributed by atoms with Crippen LogP contribution in [-0.4, -0.2) is 13.1 Å². The second-order valence-corrected chi connectivity index (χ2v) is 3.26. The van der Waals surface area contributed by atoms with Gasteiger partial charge in [0.15, 0.2) is 0 Å². The average Bonchev–Trinajstić information content (AvgIpc) is 2.04. The summed E-state index contributed by atoms with van der Waals surface area (Å²) in [6, 6.07) is 0. The van der Waals surface area contributed by atoms with Gasteiger partial charge in [-0.2, -0.15) is 0 Å². The zero-order valence-corrected chi connectivity index (χ0v) is 7.14. The lowest BCUT2D eigenvalue weighted by Gasteiger charge is -2.29. The first-order chi connectivity index (χ1) is 4.88. The lowest BCUT2D eigenvalue weighted by molar-refractivity contribution is 0.238. The zero-order valence-electron chi connectivity index (χ0n) is 7.14. The second kappa shape index (κ2) is 3.97. The third-order valence-corrected chi connectivity index (χ3v) is 2.74. The molecule has 1 aliphatic heterocycles. The minimum Gasteiger partial charge on any atom is -0.241 e. The van der Waals surface area contributed by atoms with Crippen molar-refractivity contribution in [1.82, 2.24) is 5.32 Å². The van der Waals surface area contributed by atoms with Gasteiger partial charge >= 0.3 is 0 Å². The normalized spacial score (nSPS) is 34.2. The van der Waals surface area contributed by atoms with Gasteiger partial charge < -0.3 is 0 Å². The summed E-state index contributed by atoms with van der Waals surface area (Å²) >= 11 is 0. The van der Waals surface area contributed by atoms with Crippen LogP contribution < -0.4 is 5.32 Å². The van der Waals surface area contributed by atoms with Crippen LogP contribution in [0.5, 0.6) is 0 Å². The van der Waals surface area contributed by atoms with E-state index in [2.05, 4.69) is 19.2 Å². The highest BCUT2D eigenvalue weighted by molar-refractivity contribution is 4.75. The number of hydrogen-bond donors (Lipinski definition) is 0. The summed E-state index contributed by atoms with van der Waals surface area (Å²) in [5.41, 5.74) is 0. The fraction of sp³-hybridized carbons (Fsp3) is 1.00. The number of hydrogen-bond acceptors (Lipinski definition) is 0. The van der Waals surface area contributed by atoms with Gasteiger partial charge in [0.2, 0.25) is 0 Å². The molecule has 1 saturated heterocycles. The van der Waals surface area contributed by atoms with Crippen LogP contribution in [-0.2, 0) is 0 Å². The van der Waals surface area contributed by atoms with E-state index in [1.807, 2.05) is 0 Å². The molecule has 0 bridgehead atoms. The Morgan fingerprint density at radius 3 is 2.40 bits per heavy atom. The van der Waals surface area contributed by atoms with Crippen LogP contribution in [0.2, 0.25) is 0 Å². The van der Waals surface area contributed by atoms with Gasteiger partial charge in [0.1, 0.15) is 0 Å². The van der Waals surface area contributed by atoms with Crippen LogP contribution in [0.4, 0.5) is 0 Å². The van der Waals surface area contributed by atoms with Crippen LogP contribution in [0.3, 0.4) is 0 Å². The maximum Gasteiger partial charge on any atom is 0.0164 e. The van der Waals surface area contributed by atoms with Gasteiger partial charge in [0, 0.05) is 13.1 Å². The Bertz CT molecular complexity index is 78.7. The van der Waals surface area contributed by atoms with E-state index in [0.29, 0.717) is 0 Å². The molecule has 0 saturated carbocycles. The Morgan fingerprint density at radius 1 is 1.20 bits per heavy atom. The van der Waals surface area contributed by atoms with Gasteiger partial charge in [-0.25, -0.2) is 5.32 Å². The molecule has 2 atom stereocenters. The summed E-state index contributed by atoms with van der Waals surface area (Å²) in [5.74, 6) is 1.88. The van der Waals surface area contributed by atoms with Crippen molar-refractivity contribution in [2.45, 2.75) is 33.1 Å². The molecule has 2 unspecified atom stereocenters. The molecule has 0 aromatic heterocycles. The minimum absolute atomic E-state index is 0.902. The molecule has 10 heavy (non-hydrogen) atoms. The molecule has 1 heterocycles. The van der Waals surface area contributed by atoms with E-state index >= 15 is 0 Å². The molecular weight excluding hydrogens is 122 g/mol. The van der Waals surface area contributed by atoms with Gasteiger partial charge in [0.05, 0.1) is 0 Å². The molecule has 1 radical (unpaired) electrons. The second-order valence-electron chi connectivity index (χ2n) is 3.26. The largest absolute Gasteiger partial charge is 0.241 e. The molecule has 1 rings (SSSR count). The highest BCUT2D eigenvalue weighted by Crippen LogP contribution is 2.24. The fourth-order valence-electron chi connectivity index (χ4n) is 1.90. The third kappa shape index (κ3) is 1.72. The zero-order chi connectivity index (χ0) is 7.40. The Morgan fingerprint density at radius 2 is 1.90 bits per heavy atom. The molecule has 1 heteroatoms. The summed E-state index contributed by atoms with van der Waals surface area (Å²) < 4.78 is 0. The highest BCUT2D eigenvalue weighted by atomic mass is 14.9. The lowest BCUT2D eigenvalue weighted by Crippen LogP contribution is -2.31. The van der Waals surface area contributed by atoms with E-state index in [4.69, 9.17) is 0 Å². The maximum atomic E-state index is 4.43. The molecule has 0 N–H and O–H groups in total. The van der Waals surface area contributed by atoms with Crippen LogP contribution in [0, 0.1) is 11.8 Å². The first-order valence-electron chi connectivity index (χ1n) is 4.51. The van der Waals surface area contributed by atoms with Crippen LogP contribution >= 0.6 is 0 Å². The molecular formula is C9H18N. The van der Waals surface area contributed by atoms with E-state index in [1.165, 1.54) is 19.3 Å². The molecule has 59 valence electrons. The molecule has 1 aliphatic rings. The molecule has 0 aliphatic carbocycles. The summed E-state index contributed by atoms with van der Waals surface area (Å²) in [6.45, 7) is 6.84. The fourth-order valence-corrected chi connectivity index (χ4v) is 1.90. The van der Waals surface area contributed by atoms with Gasteiger partial charge in [-0.05, 0) is 18.3 Å². The summed E-state index contributed by atoms with van der Waals surface area (Å²) in [4.78, 5) is 0. The average molecular weight is 140 g/mol. The monoisotopic (exact) mass is 140 g/mol. The summed E-state index contributed by atoms with van der Waals surface area (Å²) in [6.07, 6.45) is 4.02. The summed E-state index contributed by atoms with van der Waals surface area (Å²) in [7, 11) is 0. The first kappa shape index (κ1) is 8.06. The quantitative estimate of drug-likeness (QED) is 0.557. The topological polar surface area (TPSA) is 14.1 Å². The number of rotatable bonds is 2. The van der Waals surface area contributed by atoms with Gasteiger partial charge in [-0.3, -0.25) is 0 Å². The van der Waals surface area contributed by atoms with Crippen molar-refractivity contribution in [3.63, 3.8) is 0 Å². The molecule has 1 fully saturated rings. The van der Waals surface area contributed by atoms with Gasteiger partial charge in [-0.15, -0.1) is 0 Å². The van der Waals surface area contributed by atoms with Crippen molar-refractivity contribution in [3.05, 3.63) is 0 Å². The van der Waals surface area contributed by atoms with E-state index in [1.54, 1.807) is 0 Å². The van der Waals surface area contributed by atoms with Crippen LogP contribution in [0.1, 0.15) is 33.1 Å². The van der Waals surface area contributed by atoms with Crippen molar-refractivity contribution in [2.75, 3.05) is 13.1 Å². The van der Waals surface area contributed by atoms with E-state index in [0.717, 1.165) is 24.9 Å². The predicted octanol–water partition coefficient (Wildman–Crippen LogP) is 2.05. The van der Waals surface area contributed by atoms with Crippen LogP contribution in [0.25, 0.3) is 0 Å². The van der Waals surface area contributed by atoms with Crippen molar-refractivity contribution in [3.8, 4) is 0 Å². The van der Waals surface area contributed by atoms with Crippen molar-refractivity contribution in [1.29, 1.82) is 0 Å². The minimum atomic E-state index is 0.902. The number of nitrogens with zero attached hydrogens (tertiary/aromatic N) is 1. The first-order valence-corrected chi connectivity index (χ1v) is 4.51. The molecule has 0 spiro atoms. The van der Waals surface area contributed by atoms with Gasteiger partial charge in [-0.1, -0.05) is 26.7 Å². The molecule has 1 nitrogen and oxygen atoms in total. The van der Waals surface area contributed by atoms with Crippen LogP contribution in [0.15, 0.2) is 0 Å². The smallest absolute Gasteiger partial charge is 0.0164 e. The van der Waals surface area contributed by atoms with E-state index in [9.17, 15) is 0 Å².